The zero-order valence-corrected chi connectivity index (χ0v) is 12.9. The molecule has 0 bridgehead atoms. The van der Waals surface area contributed by atoms with Crippen molar-refractivity contribution in [2.45, 2.75) is 45.7 Å². The van der Waals surface area contributed by atoms with Crippen LogP contribution in [-0.4, -0.2) is 21.6 Å². The fraction of sp³-hybridized carbons (Fsp3) is 0.571. The van der Waals surface area contributed by atoms with Gasteiger partial charge in [-0.2, -0.15) is 0 Å². The minimum Gasteiger partial charge on any atom is -0.333 e. The van der Waals surface area contributed by atoms with Gasteiger partial charge in [-0.05, 0) is 19.4 Å². The van der Waals surface area contributed by atoms with Gasteiger partial charge in [0.05, 0.1) is 23.9 Å². The Morgan fingerprint density at radius 3 is 2.79 bits per heavy atom. The van der Waals surface area contributed by atoms with Crippen LogP contribution < -0.4 is 5.32 Å². The summed E-state index contributed by atoms with van der Waals surface area (Å²) in [6.07, 6.45) is 4.95. The predicted octanol–water partition coefficient (Wildman–Crippen LogP) is 3.18. The predicted molar refractivity (Wildman–Crippen MR) is 79.6 cm³/mol. The van der Waals surface area contributed by atoms with Gasteiger partial charge < -0.3 is 9.88 Å². The lowest BCUT2D eigenvalue weighted by Gasteiger charge is -2.16. The lowest BCUT2D eigenvalue weighted by atomic mass is 10.1. The second kappa shape index (κ2) is 6.30. The van der Waals surface area contributed by atoms with Gasteiger partial charge in [-0.15, -0.1) is 11.3 Å². The number of nitrogens with one attached hydrogen (secondary N) is 1. The molecular weight excluding hydrogens is 256 g/mol. The van der Waals surface area contributed by atoms with Gasteiger partial charge in [-0.3, -0.25) is 0 Å². The summed E-state index contributed by atoms with van der Waals surface area (Å²) in [5.41, 5.74) is 2.36. The number of nitrogens with zero attached hydrogens (tertiary/aromatic N) is 3. The van der Waals surface area contributed by atoms with Gasteiger partial charge in [0.1, 0.15) is 11.0 Å². The highest BCUT2D eigenvalue weighted by Crippen LogP contribution is 2.27. The minimum absolute atomic E-state index is 0.131. The monoisotopic (exact) mass is 278 g/mol. The second-order valence-electron chi connectivity index (χ2n) is 5.00. The van der Waals surface area contributed by atoms with Crippen LogP contribution in [0.4, 0.5) is 0 Å². The maximum atomic E-state index is 4.75. The van der Waals surface area contributed by atoms with E-state index in [1.807, 2.05) is 19.6 Å². The van der Waals surface area contributed by atoms with Gasteiger partial charge in [-0.25, -0.2) is 9.97 Å². The van der Waals surface area contributed by atoms with Gasteiger partial charge in [0, 0.05) is 11.9 Å². The molecule has 5 heteroatoms. The highest BCUT2D eigenvalue weighted by atomic mass is 32.1. The van der Waals surface area contributed by atoms with Crippen LogP contribution in [0.2, 0.25) is 0 Å². The van der Waals surface area contributed by atoms with E-state index in [0.717, 1.165) is 18.0 Å². The molecule has 0 aliphatic rings. The molecule has 0 amide bonds. The van der Waals surface area contributed by atoms with E-state index in [1.54, 1.807) is 11.3 Å². The third kappa shape index (κ3) is 3.04. The highest BCUT2D eigenvalue weighted by molar-refractivity contribution is 7.09. The number of hydrogen-bond acceptors (Lipinski definition) is 4. The van der Waals surface area contributed by atoms with Crippen molar-refractivity contribution in [1.82, 2.24) is 19.9 Å². The molecule has 0 aliphatic carbocycles. The Balaban J connectivity index is 2.30. The Kier molecular flexibility index (Phi) is 4.71. The van der Waals surface area contributed by atoms with Crippen LogP contribution in [0.15, 0.2) is 17.9 Å². The average molecular weight is 278 g/mol. The number of imidazole rings is 1. The van der Waals surface area contributed by atoms with Crippen molar-refractivity contribution in [3.05, 3.63) is 34.3 Å². The third-order valence-corrected chi connectivity index (χ3v) is 4.10. The molecule has 0 saturated heterocycles. The van der Waals surface area contributed by atoms with Crippen LogP contribution in [-0.2, 0) is 6.54 Å². The summed E-state index contributed by atoms with van der Waals surface area (Å²) in [4.78, 5) is 9.03. The topological polar surface area (TPSA) is 42.7 Å². The van der Waals surface area contributed by atoms with E-state index >= 15 is 0 Å². The highest BCUT2D eigenvalue weighted by Gasteiger charge is 2.20. The fourth-order valence-corrected chi connectivity index (χ4v) is 3.19. The summed E-state index contributed by atoms with van der Waals surface area (Å²) in [5.74, 6) is 0.475. The first-order valence-corrected chi connectivity index (χ1v) is 7.67. The molecule has 2 heterocycles. The number of thiazole rings is 1. The van der Waals surface area contributed by atoms with E-state index in [1.165, 1.54) is 11.4 Å². The molecule has 4 nitrogen and oxygen atoms in total. The molecule has 1 atom stereocenters. The van der Waals surface area contributed by atoms with Crippen LogP contribution in [0.1, 0.15) is 55.5 Å². The number of hydrogen-bond donors (Lipinski definition) is 1. The Hall–Kier alpha value is -1.20. The zero-order valence-electron chi connectivity index (χ0n) is 12.1. The summed E-state index contributed by atoms with van der Waals surface area (Å²) >= 11 is 1.72. The zero-order chi connectivity index (χ0) is 13.8. The van der Waals surface area contributed by atoms with E-state index in [4.69, 9.17) is 4.98 Å². The summed E-state index contributed by atoms with van der Waals surface area (Å²) in [7, 11) is 1.98. The summed E-state index contributed by atoms with van der Waals surface area (Å²) in [6, 6.07) is 0.131. The largest absolute Gasteiger partial charge is 0.333 e. The quantitative estimate of drug-likeness (QED) is 0.882. The molecule has 0 aliphatic heterocycles. The van der Waals surface area contributed by atoms with Crippen LogP contribution in [0, 0.1) is 0 Å². The van der Waals surface area contributed by atoms with Gasteiger partial charge in [0.2, 0.25) is 0 Å². The molecule has 0 radical (unpaired) electrons. The third-order valence-electron chi connectivity index (χ3n) is 3.17. The number of aryl methyl sites for hydroxylation is 1. The van der Waals surface area contributed by atoms with Gasteiger partial charge in [0.15, 0.2) is 0 Å². The molecule has 104 valence electrons. The Morgan fingerprint density at radius 1 is 1.42 bits per heavy atom. The summed E-state index contributed by atoms with van der Waals surface area (Å²) in [6.45, 7) is 7.53. The first-order valence-electron chi connectivity index (χ1n) is 6.80. The smallest absolute Gasteiger partial charge is 0.116 e. The summed E-state index contributed by atoms with van der Waals surface area (Å²) < 4.78 is 2.21. The van der Waals surface area contributed by atoms with Crippen LogP contribution in [0.25, 0.3) is 0 Å². The van der Waals surface area contributed by atoms with E-state index < -0.39 is 0 Å². The lowest BCUT2D eigenvalue weighted by molar-refractivity contribution is 0.580. The van der Waals surface area contributed by atoms with Crippen molar-refractivity contribution >= 4 is 11.3 Å². The first kappa shape index (κ1) is 14.2. The van der Waals surface area contributed by atoms with Crippen molar-refractivity contribution < 1.29 is 0 Å². The van der Waals surface area contributed by atoms with Crippen molar-refractivity contribution in [2.24, 2.45) is 0 Å². The van der Waals surface area contributed by atoms with Gasteiger partial charge in [0.25, 0.3) is 0 Å². The normalized spacial score (nSPS) is 13.1. The fourth-order valence-electron chi connectivity index (χ4n) is 2.10. The van der Waals surface area contributed by atoms with E-state index in [0.29, 0.717) is 5.92 Å². The SMILES string of the molecule is CCCn1cncc1C(NC)c1nc(C(C)C)cs1. The standard InChI is InChI=1S/C14H22N4S/c1-5-6-18-9-16-7-12(18)13(15-4)14-17-11(8-19-14)10(2)3/h7-10,13,15H,5-6H2,1-4H3. The average Bonchev–Trinajstić information content (AvgIpc) is 3.01. The molecule has 0 aromatic carbocycles. The molecular formula is C14H22N4S. The number of aromatic nitrogens is 3. The van der Waals surface area contributed by atoms with Crippen molar-refractivity contribution in [3.63, 3.8) is 0 Å². The van der Waals surface area contributed by atoms with Gasteiger partial charge in [-0.1, -0.05) is 20.8 Å². The van der Waals surface area contributed by atoms with Crippen LogP contribution >= 0.6 is 11.3 Å². The van der Waals surface area contributed by atoms with E-state index in [2.05, 4.69) is 41.0 Å². The summed E-state index contributed by atoms with van der Waals surface area (Å²) in [5, 5.41) is 6.63. The second-order valence-corrected chi connectivity index (χ2v) is 5.89. The van der Waals surface area contributed by atoms with Crippen molar-refractivity contribution in [2.75, 3.05) is 7.05 Å². The minimum atomic E-state index is 0.131. The maximum absolute atomic E-state index is 4.75. The molecule has 0 spiro atoms. The Bertz CT molecular complexity index is 515. The van der Waals surface area contributed by atoms with Crippen molar-refractivity contribution in [3.8, 4) is 0 Å². The van der Waals surface area contributed by atoms with E-state index in [-0.39, 0.29) is 6.04 Å². The molecule has 1 unspecified atom stereocenters. The number of rotatable bonds is 6. The Morgan fingerprint density at radius 2 is 2.21 bits per heavy atom. The molecule has 0 fully saturated rings. The van der Waals surface area contributed by atoms with Crippen LogP contribution in [0.5, 0.6) is 0 Å². The molecule has 0 saturated carbocycles. The molecule has 2 aromatic rings. The molecule has 2 aromatic heterocycles. The first-order chi connectivity index (χ1) is 9.17. The Labute approximate surface area is 118 Å². The van der Waals surface area contributed by atoms with Crippen molar-refractivity contribution in [1.29, 1.82) is 0 Å². The molecule has 1 N–H and O–H groups in total. The lowest BCUT2D eigenvalue weighted by Crippen LogP contribution is -2.21. The molecule has 2 rings (SSSR count). The van der Waals surface area contributed by atoms with Gasteiger partial charge >= 0.3 is 0 Å². The maximum Gasteiger partial charge on any atom is 0.116 e. The van der Waals surface area contributed by atoms with Crippen LogP contribution in [0.3, 0.4) is 0 Å². The molecule has 19 heavy (non-hydrogen) atoms. The van der Waals surface area contributed by atoms with E-state index in [9.17, 15) is 0 Å².